The Kier molecular flexibility index (Phi) is 7.57. The quantitative estimate of drug-likeness (QED) is 0.204. The molecule has 19 heteroatoms. The molecule has 43 heavy (non-hydrogen) atoms. The SMILES string of the molecule is O=S(=O)([O][Al]([O]S(=O)(=O)c1ccc2ncncc2c1)[O]S(=O)(=O)c1ccc2ncncc2c1)c1ccc2ncncc2c1. The van der Waals surface area contributed by atoms with Gasteiger partial charge in [0.1, 0.15) is 19.0 Å². The second-order valence-corrected chi connectivity index (χ2v) is 15.7. The zero-order valence-corrected chi connectivity index (χ0v) is 24.9. The largest absolute Gasteiger partial charge is 0.952 e. The van der Waals surface area contributed by atoms with Crippen LogP contribution in [-0.4, -0.2) is 70.3 Å². The van der Waals surface area contributed by atoms with Crippen molar-refractivity contribution in [1.29, 1.82) is 0 Å². The average molecular weight is 655 g/mol. The monoisotopic (exact) mass is 654 g/mol. The first-order valence-corrected chi connectivity index (χ1v) is 17.5. The van der Waals surface area contributed by atoms with Gasteiger partial charge in [0, 0.05) is 34.7 Å². The van der Waals surface area contributed by atoms with E-state index in [1.165, 1.54) is 74.0 Å². The molecule has 0 radical (unpaired) electrons. The van der Waals surface area contributed by atoms with Crippen LogP contribution in [0, 0.1) is 0 Å². The molecule has 0 fully saturated rings. The molecule has 216 valence electrons. The molecule has 0 spiro atoms. The second-order valence-electron chi connectivity index (χ2n) is 8.67. The Morgan fingerprint density at radius 1 is 0.465 bits per heavy atom. The van der Waals surface area contributed by atoms with Crippen molar-refractivity contribution in [3.63, 3.8) is 0 Å². The molecule has 0 bridgehead atoms. The van der Waals surface area contributed by atoms with Gasteiger partial charge in [-0.3, -0.25) is 0 Å². The summed E-state index contributed by atoms with van der Waals surface area (Å²) >= 11 is -4.66. The zero-order valence-electron chi connectivity index (χ0n) is 21.3. The molecule has 3 aromatic heterocycles. The molecule has 15 nitrogen and oxygen atoms in total. The number of rotatable bonds is 9. The molecule has 0 saturated heterocycles. The minimum absolute atomic E-state index is 0.323. The lowest BCUT2D eigenvalue weighted by atomic mass is 10.2. The Labute approximate surface area is 249 Å². The van der Waals surface area contributed by atoms with Crippen molar-refractivity contribution in [2.75, 3.05) is 0 Å². The summed E-state index contributed by atoms with van der Waals surface area (Å²) in [4.78, 5) is 22.2. The summed E-state index contributed by atoms with van der Waals surface area (Å²) in [6.45, 7) is 0. The van der Waals surface area contributed by atoms with E-state index < -0.39 is 60.2 Å². The predicted octanol–water partition coefficient (Wildman–Crippen LogP) is 2.02. The van der Waals surface area contributed by atoms with Crippen molar-refractivity contribution in [2.45, 2.75) is 14.7 Å². The van der Waals surface area contributed by atoms with E-state index in [-0.39, 0.29) is 0 Å². The first-order chi connectivity index (χ1) is 20.5. The molecule has 0 aliphatic rings. The van der Waals surface area contributed by atoms with Crippen LogP contribution >= 0.6 is 0 Å². The zero-order chi connectivity index (χ0) is 30.2. The van der Waals surface area contributed by atoms with Crippen LogP contribution in [0.2, 0.25) is 0 Å². The molecule has 0 unspecified atom stereocenters. The Bertz CT molecular complexity index is 2100. The Morgan fingerprint density at radius 2 is 0.767 bits per heavy atom. The summed E-state index contributed by atoms with van der Waals surface area (Å²) in [7, 11) is -14.5. The lowest BCUT2D eigenvalue weighted by Gasteiger charge is -2.15. The third kappa shape index (κ3) is 6.20. The van der Waals surface area contributed by atoms with E-state index in [1.54, 1.807) is 0 Å². The lowest BCUT2D eigenvalue weighted by molar-refractivity contribution is 0.311. The minimum Gasteiger partial charge on any atom is -0.338 e. The summed E-state index contributed by atoms with van der Waals surface area (Å²) in [5.41, 5.74) is 1.25. The van der Waals surface area contributed by atoms with Gasteiger partial charge in [-0.15, -0.1) is 0 Å². The molecule has 0 aliphatic heterocycles. The molecule has 3 heterocycles. The molecule has 0 atom stereocenters. The normalized spacial score (nSPS) is 12.6. The number of aromatic nitrogens is 6. The van der Waals surface area contributed by atoms with Crippen molar-refractivity contribution in [3.05, 3.63) is 92.2 Å². The molecule has 0 N–H and O–H groups in total. The van der Waals surface area contributed by atoms with Crippen LogP contribution in [-0.2, 0) is 40.1 Å². The highest BCUT2D eigenvalue weighted by Gasteiger charge is 2.47. The van der Waals surface area contributed by atoms with Gasteiger partial charge in [-0.25, -0.2) is 29.9 Å². The van der Waals surface area contributed by atoms with Crippen LogP contribution < -0.4 is 0 Å². The summed E-state index contributed by atoms with van der Waals surface area (Å²) in [6.07, 6.45) is 7.86. The summed E-state index contributed by atoms with van der Waals surface area (Å²) < 4.78 is 94.9. The number of hydrogen-bond donors (Lipinski definition) is 0. The van der Waals surface area contributed by atoms with Crippen molar-refractivity contribution in [1.82, 2.24) is 29.9 Å². The van der Waals surface area contributed by atoms with E-state index in [9.17, 15) is 25.3 Å². The Hall–Kier alpha value is -4.06. The second kappa shape index (κ2) is 11.2. The highest BCUT2D eigenvalue weighted by Crippen LogP contribution is 2.25. The third-order valence-corrected chi connectivity index (χ3v) is 13.3. The standard InChI is InChI=1S/3C8H6N2O3S.Al/c3*11-14(12,13)7-1-2-8-6(3-7)4-9-5-10-8;/h3*1-5H,(H,11,12,13);/q;;;+3/p-3. The fourth-order valence-electron chi connectivity index (χ4n) is 3.88. The van der Waals surface area contributed by atoms with E-state index in [1.807, 2.05) is 0 Å². The summed E-state index contributed by atoms with van der Waals surface area (Å²) in [6, 6.07) is 11.1. The van der Waals surface area contributed by atoms with E-state index in [2.05, 4.69) is 29.9 Å². The van der Waals surface area contributed by atoms with Gasteiger partial charge in [-0.05, 0) is 54.6 Å². The van der Waals surface area contributed by atoms with Gasteiger partial charge in [0.25, 0.3) is 30.4 Å². The van der Waals surface area contributed by atoms with Gasteiger partial charge in [-0.2, -0.15) is 25.3 Å². The van der Waals surface area contributed by atoms with Crippen LogP contribution in [0.15, 0.2) is 107 Å². The highest BCUT2D eigenvalue weighted by molar-refractivity contribution is 7.90. The molecule has 0 amide bonds. The maximum atomic E-state index is 13.3. The van der Waals surface area contributed by atoms with Crippen LogP contribution in [0.3, 0.4) is 0 Å². The number of nitrogens with zero attached hydrogens (tertiary/aromatic N) is 6. The van der Waals surface area contributed by atoms with Crippen LogP contribution in [0.25, 0.3) is 32.7 Å². The predicted molar refractivity (Wildman–Crippen MR) is 149 cm³/mol. The maximum absolute atomic E-state index is 13.3. The first kappa shape index (κ1) is 29.0. The smallest absolute Gasteiger partial charge is 0.338 e. The van der Waals surface area contributed by atoms with E-state index in [0.29, 0.717) is 32.7 Å². The van der Waals surface area contributed by atoms with Crippen molar-refractivity contribution >= 4 is 78.2 Å². The number of benzene rings is 3. The van der Waals surface area contributed by atoms with Gasteiger partial charge in [-0.1, -0.05) is 0 Å². The average Bonchev–Trinajstić information content (AvgIpc) is 2.99. The van der Waals surface area contributed by atoms with Crippen LogP contribution in [0.5, 0.6) is 0 Å². The van der Waals surface area contributed by atoms with Gasteiger partial charge in [0.15, 0.2) is 0 Å². The Morgan fingerprint density at radius 3 is 1.07 bits per heavy atom. The fourth-order valence-corrected chi connectivity index (χ4v) is 10.5. The lowest BCUT2D eigenvalue weighted by Crippen LogP contribution is -2.35. The topological polar surface area (TPSA) is 207 Å². The summed E-state index contributed by atoms with van der Waals surface area (Å²) in [5, 5.41) is 0.970. The molecule has 0 aliphatic carbocycles. The fraction of sp³-hybridized carbons (Fsp3) is 0. The highest BCUT2D eigenvalue weighted by atomic mass is 32.2. The molecule has 0 saturated carbocycles. The summed E-state index contributed by atoms with van der Waals surface area (Å²) in [5.74, 6) is 0. The molecule has 3 aromatic carbocycles. The number of fused-ring (bicyclic) bond motifs is 3. The van der Waals surface area contributed by atoms with Crippen molar-refractivity contribution in [2.24, 2.45) is 0 Å². The van der Waals surface area contributed by atoms with Gasteiger partial charge < -0.3 is 9.70 Å². The molecule has 6 rings (SSSR count). The minimum atomic E-state index is -4.84. The van der Waals surface area contributed by atoms with E-state index in [4.69, 9.17) is 9.70 Å². The van der Waals surface area contributed by atoms with Crippen molar-refractivity contribution in [3.8, 4) is 0 Å². The van der Waals surface area contributed by atoms with Gasteiger partial charge in [0.2, 0.25) is 0 Å². The van der Waals surface area contributed by atoms with E-state index in [0.717, 1.165) is 18.2 Å². The van der Waals surface area contributed by atoms with Gasteiger partial charge >= 0.3 is 15.1 Å². The number of hydrogen-bond acceptors (Lipinski definition) is 15. The Balaban J connectivity index is 1.37. The van der Waals surface area contributed by atoms with Crippen LogP contribution in [0.4, 0.5) is 0 Å². The van der Waals surface area contributed by atoms with Gasteiger partial charge in [0.05, 0.1) is 31.2 Å². The van der Waals surface area contributed by atoms with E-state index >= 15 is 0 Å². The van der Waals surface area contributed by atoms with Crippen molar-refractivity contribution < 1.29 is 35.0 Å². The molecular formula is C24H15AlN6O9S3. The first-order valence-electron chi connectivity index (χ1n) is 11.9. The maximum Gasteiger partial charge on any atom is 0.952 e. The molecular weight excluding hydrogens is 639 g/mol. The third-order valence-electron chi connectivity index (χ3n) is 5.91. The van der Waals surface area contributed by atoms with Crippen LogP contribution in [0.1, 0.15) is 0 Å². The molecule has 6 aromatic rings.